The van der Waals surface area contributed by atoms with Crippen molar-refractivity contribution in [3.05, 3.63) is 77.4 Å². The maximum atomic E-state index is 12.5. The van der Waals surface area contributed by atoms with Gasteiger partial charge < -0.3 is 20.1 Å². The Hall–Kier alpha value is -3.94. The maximum Gasteiger partial charge on any atom is 0.258 e. The monoisotopic (exact) mass is 389 g/mol. The lowest BCUT2D eigenvalue weighted by Gasteiger charge is -2.06. The molecular weight excluding hydrogens is 370 g/mol. The highest BCUT2D eigenvalue weighted by Gasteiger charge is 2.13. The van der Waals surface area contributed by atoms with Gasteiger partial charge >= 0.3 is 0 Å². The smallest absolute Gasteiger partial charge is 0.258 e. The van der Waals surface area contributed by atoms with Crippen LogP contribution in [0.4, 0.5) is 5.82 Å². The highest BCUT2D eigenvalue weighted by Crippen LogP contribution is 2.17. The number of hydrogen-bond donors (Lipinski definition) is 3. The Kier molecular flexibility index (Phi) is 5.07. The third-order valence-electron chi connectivity index (χ3n) is 4.49. The number of amides is 2. The predicted molar refractivity (Wildman–Crippen MR) is 108 cm³/mol. The summed E-state index contributed by atoms with van der Waals surface area (Å²) in [6.45, 7) is 2.20. The second-order valence-corrected chi connectivity index (χ2v) is 6.60. The molecule has 0 atom stereocenters. The molecule has 0 saturated heterocycles. The number of aromatic nitrogens is 3. The molecular formula is C21H19N5O3. The fourth-order valence-electron chi connectivity index (χ4n) is 3.05. The summed E-state index contributed by atoms with van der Waals surface area (Å²) in [6.07, 6.45) is 5.47. The van der Waals surface area contributed by atoms with Gasteiger partial charge in [0.05, 0.1) is 11.1 Å². The molecule has 2 amide bonds. The molecule has 0 aliphatic rings. The molecule has 29 heavy (non-hydrogen) atoms. The number of fused-ring (bicyclic) bond motifs is 1. The molecule has 0 bridgehead atoms. The average Bonchev–Trinajstić information content (AvgIpc) is 3.34. The standard InChI is InChI=1S/C21H19N5O3/c1-13-8-19(26-29-13)25-21(28)16-9-15(10-22-11-16)20(27)23-7-6-14-12-24-18-5-3-2-4-17(14)18/h2-5,8-12,24H,6-7H2,1H3,(H,23,27)(H,25,26,28). The second-order valence-electron chi connectivity index (χ2n) is 6.60. The summed E-state index contributed by atoms with van der Waals surface area (Å²) >= 11 is 0. The molecule has 0 saturated carbocycles. The summed E-state index contributed by atoms with van der Waals surface area (Å²) in [5, 5.41) is 10.3. The molecule has 4 aromatic rings. The lowest BCUT2D eigenvalue weighted by atomic mass is 10.1. The molecule has 0 aliphatic heterocycles. The first kappa shape index (κ1) is 18.4. The Morgan fingerprint density at radius 2 is 1.90 bits per heavy atom. The molecule has 3 N–H and O–H groups in total. The van der Waals surface area contributed by atoms with Gasteiger partial charge in [-0.15, -0.1) is 0 Å². The number of aromatic amines is 1. The van der Waals surface area contributed by atoms with Gasteiger partial charge in [-0.05, 0) is 31.0 Å². The van der Waals surface area contributed by atoms with E-state index in [1.54, 1.807) is 13.0 Å². The number of hydrogen-bond acceptors (Lipinski definition) is 5. The van der Waals surface area contributed by atoms with E-state index in [0.717, 1.165) is 16.5 Å². The molecule has 3 heterocycles. The van der Waals surface area contributed by atoms with E-state index in [4.69, 9.17) is 4.52 Å². The zero-order valence-corrected chi connectivity index (χ0v) is 15.7. The van der Waals surface area contributed by atoms with Gasteiger partial charge in [0.1, 0.15) is 5.76 Å². The summed E-state index contributed by atoms with van der Waals surface area (Å²) < 4.78 is 4.92. The minimum atomic E-state index is -0.417. The number of benzene rings is 1. The number of nitrogens with one attached hydrogen (secondary N) is 3. The number of rotatable bonds is 6. The summed E-state index contributed by atoms with van der Waals surface area (Å²) in [6, 6.07) is 11.1. The van der Waals surface area contributed by atoms with Crippen LogP contribution in [-0.2, 0) is 6.42 Å². The first-order valence-electron chi connectivity index (χ1n) is 9.13. The lowest BCUT2D eigenvalue weighted by molar-refractivity contribution is 0.0953. The predicted octanol–water partition coefficient (Wildman–Crippen LogP) is 3.08. The first-order valence-corrected chi connectivity index (χ1v) is 9.13. The summed E-state index contributed by atoms with van der Waals surface area (Å²) in [5.74, 6) is 0.186. The normalized spacial score (nSPS) is 10.8. The van der Waals surface area contributed by atoms with Crippen LogP contribution in [0.25, 0.3) is 10.9 Å². The number of carbonyl (C=O) groups is 2. The minimum Gasteiger partial charge on any atom is -0.361 e. The van der Waals surface area contributed by atoms with Crippen LogP contribution < -0.4 is 10.6 Å². The van der Waals surface area contributed by atoms with Crippen molar-refractivity contribution < 1.29 is 14.1 Å². The van der Waals surface area contributed by atoms with Crippen LogP contribution in [0.3, 0.4) is 0 Å². The first-order chi connectivity index (χ1) is 14.1. The van der Waals surface area contributed by atoms with Gasteiger partial charge in [0.2, 0.25) is 0 Å². The molecule has 0 unspecified atom stereocenters. The van der Waals surface area contributed by atoms with Gasteiger partial charge in [0, 0.05) is 42.1 Å². The van der Waals surface area contributed by atoms with E-state index in [2.05, 4.69) is 25.8 Å². The third kappa shape index (κ3) is 4.16. The van der Waals surface area contributed by atoms with Crippen molar-refractivity contribution in [2.45, 2.75) is 13.3 Å². The largest absolute Gasteiger partial charge is 0.361 e. The third-order valence-corrected chi connectivity index (χ3v) is 4.49. The van der Waals surface area contributed by atoms with E-state index in [9.17, 15) is 9.59 Å². The lowest BCUT2D eigenvalue weighted by Crippen LogP contribution is -2.26. The van der Waals surface area contributed by atoms with E-state index in [-0.39, 0.29) is 11.5 Å². The molecule has 1 aromatic carbocycles. The Bertz CT molecular complexity index is 1180. The van der Waals surface area contributed by atoms with E-state index in [1.165, 1.54) is 18.5 Å². The van der Waals surface area contributed by atoms with Crippen LogP contribution in [0.2, 0.25) is 0 Å². The van der Waals surface area contributed by atoms with E-state index in [0.29, 0.717) is 30.1 Å². The molecule has 0 fully saturated rings. The number of aryl methyl sites for hydroxylation is 1. The molecule has 0 spiro atoms. The van der Waals surface area contributed by atoms with Crippen molar-refractivity contribution in [3.8, 4) is 0 Å². The molecule has 8 heteroatoms. The van der Waals surface area contributed by atoms with Gasteiger partial charge in [-0.3, -0.25) is 14.6 Å². The summed E-state index contributed by atoms with van der Waals surface area (Å²) in [5.41, 5.74) is 2.77. The van der Waals surface area contributed by atoms with E-state index >= 15 is 0 Å². The Morgan fingerprint density at radius 1 is 1.10 bits per heavy atom. The highest BCUT2D eigenvalue weighted by molar-refractivity contribution is 6.05. The van der Waals surface area contributed by atoms with Crippen LogP contribution in [0.15, 0.2) is 59.5 Å². The Balaban J connectivity index is 1.37. The molecule has 146 valence electrons. The van der Waals surface area contributed by atoms with Crippen molar-refractivity contribution in [2.24, 2.45) is 0 Å². The van der Waals surface area contributed by atoms with Gasteiger partial charge in [0.15, 0.2) is 5.82 Å². The number of para-hydroxylation sites is 1. The van der Waals surface area contributed by atoms with Gasteiger partial charge in [-0.25, -0.2) is 0 Å². The number of carbonyl (C=O) groups excluding carboxylic acids is 2. The van der Waals surface area contributed by atoms with Crippen molar-refractivity contribution in [2.75, 3.05) is 11.9 Å². The van der Waals surface area contributed by atoms with Gasteiger partial charge in [-0.2, -0.15) is 0 Å². The number of nitrogens with zero attached hydrogens (tertiary/aromatic N) is 2. The summed E-state index contributed by atoms with van der Waals surface area (Å²) in [7, 11) is 0. The fraction of sp³-hybridized carbons (Fsp3) is 0.143. The second kappa shape index (κ2) is 7.97. The van der Waals surface area contributed by atoms with Crippen LogP contribution in [0.5, 0.6) is 0 Å². The molecule has 4 rings (SSSR count). The topological polar surface area (TPSA) is 113 Å². The van der Waals surface area contributed by atoms with Gasteiger partial charge in [0.25, 0.3) is 11.8 Å². The molecule has 8 nitrogen and oxygen atoms in total. The van der Waals surface area contributed by atoms with Crippen LogP contribution in [0, 0.1) is 6.92 Å². The van der Waals surface area contributed by atoms with Crippen LogP contribution in [0.1, 0.15) is 32.0 Å². The van der Waals surface area contributed by atoms with Crippen molar-refractivity contribution in [1.82, 2.24) is 20.4 Å². The minimum absolute atomic E-state index is 0.259. The van der Waals surface area contributed by atoms with Crippen molar-refractivity contribution in [1.29, 1.82) is 0 Å². The number of anilines is 1. The Morgan fingerprint density at radius 3 is 2.69 bits per heavy atom. The summed E-state index contributed by atoms with van der Waals surface area (Å²) in [4.78, 5) is 32.0. The maximum absolute atomic E-state index is 12.5. The Labute approximate surface area is 166 Å². The van der Waals surface area contributed by atoms with Crippen molar-refractivity contribution >= 4 is 28.5 Å². The molecule has 3 aromatic heterocycles. The van der Waals surface area contributed by atoms with E-state index in [1.807, 2.05) is 30.5 Å². The van der Waals surface area contributed by atoms with Crippen molar-refractivity contribution in [3.63, 3.8) is 0 Å². The molecule has 0 radical (unpaired) electrons. The van der Waals surface area contributed by atoms with Crippen LogP contribution in [-0.4, -0.2) is 33.5 Å². The zero-order chi connectivity index (χ0) is 20.2. The fourth-order valence-corrected chi connectivity index (χ4v) is 3.05. The van der Waals surface area contributed by atoms with Gasteiger partial charge in [-0.1, -0.05) is 23.4 Å². The SMILES string of the molecule is Cc1cc(NC(=O)c2cncc(C(=O)NCCc3c[nH]c4ccccc34)c2)no1. The number of H-pyrrole nitrogens is 1. The average molecular weight is 389 g/mol. The zero-order valence-electron chi connectivity index (χ0n) is 15.7. The molecule has 0 aliphatic carbocycles. The highest BCUT2D eigenvalue weighted by atomic mass is 16.5. The van der Waals surface area contributed by atoms with Crippen LogP contribution >= 0.6 is 0 Å². The number of pyridine rings is 1. The van der Waals surface area contributed by atoms with E-state index < -0.39 is 5.91 Å². The quantitative estimate of drug-likeness (QED) is 0.469.